The molecule has 22 heavy (non-hydrogen) atoms. The highest BCUT2D eigenvalue weighted by atomic mass is 32.1. The normalized spacial score (nSPS) is 12.8. The summed E-state index contributed by atoms with van der Waals surface area (Å²) in [6.45, 7) is 2.20. The van der Waals surface area contributed by atoms with E-state index in [-0.39, 0.29) is 0 Å². The lowest BCUT2D eigenvalue weighted by atomic mass is 9.97. The monoisotopic (exact) mass is 296 g/mol. The van der Waals surface area contributed by atoms with Crippen molar-refractivity contribution in [3.8, 4) is 43.8 Å². The molecule has 0 saturated carbocycles. The van der Waals surface area contributed by atoms with Crippen LogP contribution < -0.4 is 0 Å². The molecule has 1 heteroatoms. The van der Waals surface area contributed by atoms with E-state index in [1.165, 1.54) is 59.5 Å². The number of aryl methyl sites for hydroxylation is 1. The van der Waals surface area contributed by atoms with Gasteiger partial charge in [-0.25, -0.2) is 0 Å². The highest BCUT2D eigenvalue weighted by Crippen LogP contribution is 2.57. The summed E-state index contributed by atoms with van der Waals surface area (Å²) < 4.78 is 0. The van der Waals surface area contributed by atoms with E-state index >= 15 is 0 Å². The molecule has 3 aromatic carbocycles. The molecule has 2 aliphatic rings. The van der Waals surface area contributed by atoms with Gasteiger partial charge in [-0.1, -0.05) is 48.5 Å². The fourth-order valence-corrected chi connectivity index (χ4v) is 5.28. The predicted octanol–water partition coefficient (Wildman–Crippen LogP) is 6.50. The van der Waals surface area contributed by atoms with Gasteiger partial charge in [-0.05, 0) is 51.6 Å². The molecule has 0 fully saturated rings. The number of thiophene rings is 1. The van der Waals surface area contributed by atoms with E-state index in [2.05, 4.69) is 61.5 Å². The van der Waals surface area contributed by atoms with E-state index in [4.69, 9.17) is 0 Å². The third-order valence-electron chi connectivity index (χ3n) is 5.06. The summed E-state index contributed by atoms with van der Waals surface area (Å²) in [5.41, 5.74) is 9.84. The van der Waals surface area contributed by atoms with Gasteiger partial charge < -0.3 is 0 Å². The van der Waals surface area contributed by atoms with Crippen LogP contribution in [0.3, 0.4) is 0 Å². The van der Waals surface area contributed by atoms with Crippen molar-refractivity contribution in [3.63, 3.8) is 0 Å². The van der Waals surface area contributed by atoms with E-state index < -0.39 is 0 Å². The van der Waals surface area contributed by atoms with Crippen molar-refractivity contribution in [2.24, 2.45) is 0 Å². The SMILES string of the molecule is Cc1cc2c(s1)-c1ccc3c4c(ccc-2c14)-c1ccccc1-3. The number of rotatable bonds is 0. The average Bonchev–Trinajstić information content (AvgIpc) is 3.16. The zero-order valence-electron chi connectivity index (χ0n) is 12.1. The Morgan fingerprint density at radius 2 is 1.14 bits per heavy atom. The molecule has 0 N–H and O–H groups in total. The number of hydrogen-bond acceptors (Lipinski definition) is 1. The molecule has 1 aromatic heterocycles. The largest absolute Gasteiger partial charge is 0.140 e. The van der Waals surface area contributed by atoms with Crippen molar-refractivity contribution in [3.05, 3.63) is 59.5 Å². The maximum atomic E-state index is 2.35. The Hall–Kier alpha value is -2.38. The third-order valence-corrected chi connectivity index (χ3v) is 6.14. The summed E-state index contributed by atoms with van der Waals surface area (Å²) in [5, 5.41) is 2.92. The molecule has 0 bridgehead atoms. The Kier molecular flexibility index (Phi) is 1.79. The van der Waals surface area contributed by atoms with Crippen molar-refractivity contribution in [2.45, 2.75) is 6.92 Å². The molecule has 0 nitrogen and oxygen atoms in total. The maximum Gasteiger partial charge on any atom is 0.0430 e. The van der Waals surface area contributed by atoms with Gasteiger partial charge in [-0.2, -0.15) is 0 Å². The van der Waals surface area contributed by atoms with Crippen molar-refractivity contribution >= 4 is 22.1 Å². The van der Waals surface area contributed by atoms with Crippen molar-refractivity contribution in [1.29, 1.82) is 0 Å². The second-order valence-electron chi connectivity index (χ2n) is 6.22. The van der Waals surface area contributed by atoms with Crippen LogP contribution in [0.25, 0.3) is 54.6 Å². The maximum absolute atomic E-state index is 2.35. The van der Waals surface area contributed by atoms with Gasteiger partial charge in [-0.3, -0.25) is 0 Å². The zero-order chi connectivity index (χ0) is 14.4. The summed E-state index contributed by atoms with van der Waals surface area (Å²) in [7, 11) is 0. The molecule has 0 atom stereocenters. The lowest BCUT2D eigenvalue weighted by Crippen LogP contribution is -1.79. The van der Waals surface area contributed by atoms with E-state index in [0.717, 1.165) is 0 Å². The Morgan fingerprint density at radius 3 is 1.82 bits per heavy atom. The van der Waals surface area contributed by atoms with E-state index in [9.17, 15) is 0 Å². The van der Waals surface area contributed by atoms with Gasteiger partial charge in [0, 0.05) is 20.9 Å². The minimum atomic E-state index is 1.38. The van der Waals surface area contributed by atoms with E-state index in [1.807, 2.05) is 11.3 Å². The highest BCUT2D eigenvalue weighted by molar-refractivity contribution is 7.16. The first-order valence-corrected chi connectivity index (χ1v) is 8.45. The minimum absolute atomic E-state index is 1.38. The quantitative estimate of drug-likeness (QED) is 0.300. The van der Waals surface area contributed by atoms with Crippen LogP contribution in [0.1, 0.15) is 4.88 Å². The van der Waals surface area contributed by atoms with Crippen LogP contribution in [-0.4, -0.2) is 0 Å². The summed E-state index contributed by atoms with van der Waals surface area (Å²) in [5.74, 6) is 0. The standard InChI is InChI=1S/C21H12S/c1-11-10-18-16-7-6-14-12-4-2-3-5-13(12)15-8-9-17(21(18)22-11)20(16)19(14)15/h2-10H,1H3. The first-order chi connectivity index (χ1) is 10.8. The summed E-state index contributed by atoms with van der Waals surface area (Å²) in [6.07, 6.45) is 0. The number of benzene rings is 3. The van der Waals surface area contributed by atoms with Gasteiger partial charge in [-0.15, -0.1) is 11.3 Å². The molecule has 6 rings (SSSR count). The van der Waals surface area contributed by atoms with Crippen LogP contribution in [0, 0.1) is 6.92 Å². The first-order valence-electron chi connectivity index (χ1n) is 7.63. The van der Waals surface area contributed by atoms with Gasteiger partial charge in [0.05, 0.1) is 0 Å². The molecule has 0 amide bonds. The van der Waals surface area contributed by atoms with Gasteiger partial charge in [0.25, 0.3) is 0 Å². The van der Waals surface area contributed by atoms with Crippen LogP contribution in [0.15, 0.2) is 54.6 Å². The van der Waals surface area contributed by atoms with Gasteiger partial charge in [0.15, 0.2) is 0 Å². The van der Waals surface area contributed by atoms with E-state index in [1.54, 1.807) is 0 Å². The first kappa shape index (κ1) is 11.2. The van der Waals surface area contributed by atoms with Crippen LogP contribution in [-0.2, 0) is 0 Å². The smallest absolute Gasteiger partial charge is 0.0430 e. The fraction of sp³-hybridized carbons (Fsp3) is 0.0476. The second kappa shape index (κ2) is 3.50. The molecule has 4 aromatic rings. The van der Waals surface area contributed by atoms with Crippen LogP contribution in [0.2, 0.25) is 0 Å². The van der Waals surface area contributed by atoms with Crippen LogP contribution in [0.4, 0.5) is 0 Å². The molecule has 0 aliphatic heterocycles. The van der Waals surface area contributed by atoms with Crippen LogP contribution in [0.5, 0.6) is 0 Å². The molecule has 0 saturated heterocycles. The third kappa shape index (κ3) is 1.10. The Morgan fingerprint density at radius 1 is 0.591 bits per heavy atom. The van der Waals surface area contributed by atoms with Crippen molar-refractivity contribution in [1.82, 2.24) is 0 Å². The Labute approximate surface area is 132 Å². The Balaban J connectivity index is 1.86. The van der Waals surface area contributed by atoms with Gasteiger partial charge in [0.1, 0.15) is 0 Å². The molecule has 1 heterocycles. The van der Waals surface area contributed by atoms with Gasteiger partial charge >= 0.3 is 0 Å². The molecular formula is C21H12S. The van der Waals surface area contributed by atoms with E-state index in [0.29, 0.717) is 0 Å². The number of hydrogen-bond donors (Lipinski definition) is 0. The highest BCUT2D eigenvalue weighted by Gasteiger charge is 2.29. The predicted molar refractivity (Wildman–Crippen MR) is 95.4 cm³/mol. The molecule has 0 unspecified atom stereocenters. The van der Waals surface area contributed by atoms with Crippen molar-refractivity contribution in [2.75, 3.05) is 0 Å². The van der Waals surface area contributed by atoms with Crippen LogP contribution >= 0.6 is 11.3 Å². The summed E-state index contributed by atoms with van der Waals surface area (Å²) in [6, 6.07) is 20.4. The summed E-state index contributed by atoms with van der Waals surface area (Å²) in [4.78, 5) is 2.85. The lowest BCUT2D eigenvalue weighted by Gasteiger charge is -2.06. The number of fused-ring (bicyclic) bond motifs is 6. The molecule has 102 valence electrons. The fourth-order valence-electron chi connectivity index (χ4n) is 4.23. The van der Waals surface area contributed by atoms with Crippen molar-refractivity contribution < 1.29 is 0 Å². The lowest BCUT2D eigenvalue weighted by molar-refractivity contribution is 1.64. The molecule has 0 radical (unpaired) electrons. The average molecular weight is 296 g/mol. The second-order valence-corrected chi connectivity index (χ2v) is 7.47. The molecular weight excluding hydrogens is 284 g/mol. The summed E-state index contributed by atoms with van der Waals surface area (Å²) >= 11 is 1.92. The molecule has 0 spiro atoms. The topological polar surface area (TPSA) is 0 Å². The minimum Gasteiger partial charge on any atom is -0.140 e. The zero-order valence-corrected chi connectivity index (χ0v) is 12.9. The molecule has 2 aliphatic carbocycles. The Bertz CT molecular complexity index is 1050. The van der Waals surface area contributed by atoms with Gasteiger partial charge in [0.2, 0.25) is 0 Å².